The summed E-state index contributed by atoms with van der Waals surface area (Å²) in [6, 6.07) is 8.10. The van der Waals surface area contributed by atoms with Crippen molar-refractivity contribution in [1.82, 2.24) is 19.7 Å². The van der Waals surface area contributed by atoms with Crippen LogP contribution in [0, 0.1) is 21.7 Å². The zero-order chi connectivity index (χ0) is 22.1. The summed E-state index contributed by atoms with van der Waals surface area (Å²) >= 11 is 6.04. The highest BCUT2D eigenvalue weighted by Crippen LogP contribution is 2.33. The quantitative estimate of drug-likeness (QED) is 0.261. The number of nitro groups is 1. The summed E-state index contributed by atoms with van der Waals surface area (Å²) < 4.78 is 28.9. The molecule has 31 heavy (non-hydrogen) atoms. The van der Waals surface area contributed by atoms with E-state index in [1.54, 1.807) is 30.2 Å². The van der Waals surface area contributed by atoms with E-state index in [4.69, 9.17) is 11.6 Å². The van der Waals surface area contributed by atoms with Crippen LogP contribution in [0.15, 0.2) is 55.0 Å². The van der Waals surface area contributed by atoms with Crippen molar-refractivity contribution in [2.75, 3.05) is 5.32 Å². The Bertz CT molecular complexity index is 1310. The van der Waals surface area contributed by atoms with E-state index in [0.29, 0.717) is 11.6 Å². The Morgan fingerprint density at radius 1 is 1.10 bits per heavy atom. The van der Waals surface area contributed by atoms with Gasteiger partial charge in [-0.3, -0.25) is 19.8 Å². The van der Waals surface area contributed by atoms with Crippen molar-refractivity contribution in [1.29, 1.82) is 0 Å². The van der Waals surface area contributed by atoms with E-state index in [9.17, 15) is 18.9 Å². The Kier molecular flexibility index (Phi) is 5.30. The van der Waals surface area contributed by atoms with Crippen LogP contribution in [-0.4, -0.2) is 24.7 Å². The van der Waals surface area contributed by atoms with Gasteiger partial charge in [-0.1, -0.05) is 17.7 Å². The van der Waals surface area contributed by atoms with Crippen LogP contribution < -0.4 is 5.32 Å². The minimum atomic E-state index is -0.875. The van der Waals surface area contributed by atoms with Gasteiger partial charge < -0.3 is 5.32 Å². The number of aromatic nitrogens is 4. The first-order valence-electron chi connectivity index (χ1n) is 8.83. The summed E-state index contributed by atoms with van der Waals surface area (Å²) in [5.41, 5.74) is 1.40. The van der Waals surface area contributed by atoms with Gasteiger partial charge in [0.05, 0.1) is 17.3 Å². The second-order valence-electron chi connectivity index (χ2n) is 6.56. The predicted octanol–water partition coefficient (Wildman–Crippen LogP) is 5.13. The van der Waals surface area contributed by atoms with E-state index in [2.05, 4.69) is 20.4 Å². The normalized spacial score (nSPS) is 10.8. The molecule has 3 heterocycles. The molecule has 8 nitrogen and oxygen atoms in total. The lowest BCUT2D eigenvalue weighted by molar-refractivity contribution is -0.383. The van der Waals surface area contributed by atoms with Crippen LogP contribution in [-0.2, 0) is 7.05 Å². The number of aryl methyl sites for hydroxylation is 1. The fraction of sp³-hybridized carbons (Fsp3) is 0.0500. The number of rotatable bonds is 5. The van der Waals surface area contributed by atoms with Crippen LogP contribution >= 0.6 is 11.6 Å². The minimum absolute atomic E-state index is 0.000146. The van der Waals surface area contributed by atoms with Gasteiger partial charge in [0, 0.05) is 36.5 Å². The summed E-state index contributed by atoms with van der Waals surface area (Å²) in [6.45, 7) is 0. The number of nitrogens with one attached hydrogen (secondary N) is 1. The Balaban J connectivity index is 1.72. The minimum Gasteiger partial charge on any atom is -0.335 e. The molecule has 0 saturated heterocycles. The van der Waals surface area contributed by atoms with Crippen molar-refractivity contribution in [2.45, 2.75) is 0 Å². The second kappa shape index (κ2) is 8.07. The van der Waals surface area contributed by atoms with Crippen LogP contribution in [0.5, 0.6) is 0 Å². The molecule has 0 radical (unpaired) electrons. The monoisotopic (exact) mass is 442 g/mol. The second-order valence-corrected chi connectivity index (χ2v) is 6.95. The summed E-state index contributed by atoms with van der Waals surface area (Å²) in [5, 5.41) is 18.5. The fourth-order valence-electron chi connectivity index (χ4n) is 3.00. The van der Waals surface area contributed by atoms with E-state index >= 15 is 0 Å². The lowest BCUT2D eigenvalue weighted by Gasteiger charge is -2.10. The fourth-order valence-corrected chi connectivity index (χ4v) is 3.21. The van der Waals surface area contributed by atoms with Crippen LogP contribution in [0.2, 0.25) is 5.15 Å². The average Bonchev–Trinajstić information content (AvgIpc) is 3.14. The molecule has 0 aliphatic carbocycles. The molecule has 0 aliphatic rings. The number of nitro benzene ring substituents is 1. The van der Waals surface area contributed by atoms with Gasteiger partial charge >= 0.3 is 0 Å². The highest BCUT2D eigenvalue weighted by molar-refractivity contribution is 6.29. The molecule has 0 unspecified atom stereocenters. The van der Waals surface area contributed by atoms with Gasteiger partial charge in [-0.15, -0.1) is 0 Å². The largest absolute Gasteiger partial charge is 0.335 e. The zero-order valence-corrected chi connectivity index (χ0v) is 16.6. The predicted molar refractivity (Wildman–Crippen MR) is 111 cm³/mol. The molecular weight excluding hydrogens is 430 g/mol. The highest BCUT2D eigenvalue weighted by Gasteiger charge is 2.18. The number of anilines is 2. The van der Waals surface area contributed by atoms with Crippen molar-refractivity contribution in [3.8, 4) is 22.4 Å². The van der Waals surface area contributed by atoms with Crippen molar-refractivity contribution >= 4 is 28.8 Å². The SMILES string of the molecule is Cn1cc(-c2ccc(Nc3cc(-c4ncc(F)cc4F)cc(Cl)n3)c([N+](=O)[O-])c2)cn1. The average molecular weight is 443 g/mol. The summed E-state index contributed by atoms with van der Waals surface area (Å²) in [7, 11) is 1.75. The lowest BCUT2D eigenvalue weighted by Crippen LogP contribution is -2.00. The molecular formula is C20H13ClF2N6O2. The first kappa shape index (κ1) is 20.4. The number of nitrogens with zero attached hydrogens (tertiary/aromatic N) is 5. The maximum atomic E-state index is 14.1. The van der Waals surface area contributed by atoms with Gasteiger partial charge in [-0.25, -0.2) is 13.8 Å². The molecule has 4 rings (SSSR count). The number of halogens is 3. The summed E-state index contributed by atoms with van der Waals surface area (Å²) in [4.78, 5) is 18.9. The van der Waals surface area contributed by atoms with Gasteiger partial charge in [0.1, 0.15) is 28.2 Å². The molecule has 0 spiro atoms. The Labute approximate surface area is 179 Å². The zero-order valence-electron chi connectivity index (χ0n) is 15.9. The Hall–Kier alpha value is -3.92. The maximum absolute atomic E-state index is 14.1. The third-order valence-corrected chi connectivity index (χ3v) is 4.56. The maximum Gasteiger partial charge on any atom is 0.293 e. The van der Waals surface area contributed by atoms with Crippen molar-refractivity contribution in [3.63, 3.8) is 0 Å². The lowest BCUT2D eigenvalue weighted by atomic mass is 10.1. The highest BCUT2D eigenvalue weighted by atomic mass is 35.5. The molecule has 0 amide bonds. The molecule has 0 aliphatic heterocycles. The molecule has 3 aromatic heterocycles. The Morgan fingerprint density at radius 2 is 1.90 bits per heavy atom. The van der Waals surface area contributed by atoms with Crippen LogP contribution in [0.25, 0.3) is 22.4 Å². The van der Waals surface area contributed by atoms with E-state index in [1.165, 1.54) is 24.3 Å². The van der Waals surface area contributed by atoms with E-state index in [0.717, 1.165) is 11.8 Å². The third kappa shape index (κ3) is 4.33. The number of pyridine rings is 2. The molecule has 4 aromatic rings. The number of benzene rings is 1. The van der Waals surface area contributed by atoms with Gasteiger partial charge in [-0.05, 0) is 23.8 Å². The number of hydrogen-bond donors (Lipinski definition) is 1. The van der Waals surface area contributed by atoms with Crippen molar-refractivity contribution in [2.24, 2.45) is 7.05 Å². The Morgan fingerprint density at radius 3 is 2.58 bits per heavy atom. The van der Waals surface area contributed by atoms with Crippen LogP contribution in [0.4, 0.5) is 26.0 Å². The molecule has 0 saturated carbocycles. The standard InChI is InChI=1S/C20H13ClF2N6O2/c1-28-10-13(8-25-28)11-2-3-16(17(4-11)29(30)31)26-19-6-12(5-18(21)27-19)20-15(23)7-14(22)9-24-20/h2-10H,1H3,(H,26,27). The van der Waals surface area contributed by atoms with E-state index in [-0.39, 0.29) is 33.6 Å². The van der Waals surface area contributed by atoms with Gasteiger partial charge in [0.25, 0.3) is 5.69 Å². The van der Waals surface area contributed by atoms with E-state index in [1.807, 2.05) is 0 Å². The summed E-state index contributed by atoms with van der Waals surface area (Å²) in [5.74, 6) is -1.56. The molecule has 0 atom stereocenters. The summed E-state index contributed by atoms with van der Waals surface area (Å²) in [6.07, 6.45) is 4.21. The molecule has 1 aromatic carbocycles. The first-order valence-corrected chi connectivity index (χ1v) is 9.21. The van der Waals surface area contributed by atoms with Crippen LogP contribution in [0.3, 0.4) is 0 Å². The van der Waals surface area contributed by atoms with E-state index < -0.39 is 16.6 Å². The molecule has 0 fully saturated rings. The number of hydrogen-bond acceptors (Lipinski definition) is 6. The molecule has 0 bridgehead atoms. The van der Waals surface area contributed by atoms with Gasteiger partial charge in [0.2, 0.25) is 0 Å². The van der Waals surface area contributed by atoms with Gasteiger partial charge in [0.15, 0.2) is 5.82 Å². The topological polar surface area (TPSA) is 98.8 Å². The molecule has 1 N–H and O–H groups in total. The van der Waals surface area contributed by atoms with Crippen molar-refractivity contribution in [3.05, 3.63) is 81.9 Å². The molecule has 156 valence electrons. The van der Waals surface area contributed by atoms with Crippen LogP contribution in [0.1, 0.15) is 0 Å². The van der Waals surface area contributed by atoms with Crippen molar-refractivity contribution < 1.29 is 13.7 Å². The third-order valence-electron chi connectivity index (χ3n) is 4.37. The van der Waals surface area contributed by atoms with Gasteiger partial charge in [-0.2, -0.15) is 5.10 Å². The molecule has 11 heteroatoms. The smallest absolute Gasteiger partial charge is 0.293 e. The first-order chi connectivity index (χ1) is 14.8.